The molecule has 0 saturated heterocycles. The number of likely N-dealkylation sites (N-methyl/N-ethyl adjacent to an activating group) is 1. The number of carboxylic acid groups (broad SMARTS) is 1. The molecule has 1 aromatic heterocycles. The number of hydrogen-bond donors (Lipinski definition) is 2. The fourth-order valence-electron chi connectivity index (χ4n) is 1.15. The van der Waals surface area contributed by atoms with Gasteiger partial charge in [-0.25, -0.2) is 4.79 Å². The van der Waals surface area contributed by atoms with Gasteiger partial charge in [-0.15, -0.1) is 0 Å². The van der Waals surface area contributed by atoms with Gasteiger partial charge in [0.1, 0.15) is 0 Å². The summed E-state index contributed by atoms with van der Waals surface area (Å²) in [5.74, 6) is -1.47. The van der Waals surface area contributed by atoms with E-state index in [1.165, 1.54) is 12.1 Å². The van der Waals surface area contributed by atoms with E-state index in [2.05, 4.69) is 0 Å². The second-order valence-electron chi connectivity index (χ2n) is 2.92. The highest BCUT2D eigenvalue weighted by atomic mass is 16.4. The van der Waals surface area contributed by atoms with E-state index in [1.807, 2.05) is 6.92 Å². The van der Waals surface area contributed by atoms with Crippen LogP contribution in [-0.2, 0) is 4.79 Å². The van der Waals surface area contributed by atoms with Crippen molar-refractivity contribution < 1.29 is 19.1 Å². The zero-order chi connectivity index (χ0) is 11.4. The number of nitrogens with zero attached hydrogens (tertiary/aromatic N) is 1. The Hall–Kier alpha value is -1.98. The van der Waals surface area contributed by atoms with Crippen LogP contribution >= 0.6 is 0 Å². The summed E-state index contributed by atoms with van der Waals surface area (Å²) in [5, 5.41) is 8.63. The number of carbonyl (C=O) groups is 2. The molecule has 1 aromatic rings. The standard InChI is InChI=1S/C9H12N2O4/c1-2-11(5-7(10)12)8-4-3-6(15-8)9(13)14/h3-4H,2,5H2,1H3,(H2,10,12)(H,13,14). The molecule has 0 aliphatic carbocycles. The van der Waals surface area contributed by atoms with Crippen molar-refractivity contribution in [3.63, 3.8) is 0 Å². The lowest BCUT2D eigenvalue weighted by Gasteiger charge is -2.17. The van der Waals surface area contributed by atoms with Crippen LogP contribution in [0.1, 0.15) is 17.5 Å². The highest BCUT2D eigenvalue weighted by Gasteiger charge is 2.14. The van der Waals surface area contributed by atoms with Crippen LogP contribution in [0.5, 0.6) is 0 Å². The first-order chi connectivity index (χ1) is 7.04. The van der Waals surface area contributed by atoms with Gasteiger partial charge in [-0.1, -0.05) is 0 Å². The van der Waals surface area contributed by atoms with E-state index in [9.17, 15) is 9.59 Å². The van der Waals surface area contributed by atoms with Crippen molar-refractivity contribution in [3.05, 3.63) is 17.9 Å². The van der Waals surface area contributed by atoms with Gasteiger partial charge in [-0.2, -0.15) is 0 Å². The monoisotopic (exact) mass is 212 g/mol. The second kappa shape index (κ2) is 4.50. The number of amides is 1. The first kappa shape index (κ1) is 11.1. The quantitative estimate of drug-likeness (QED) is 0.731. The number of aromatic carboxylic acids is 1. The molecule has 6 heteroatoms. The predicted octanol–water partition coefficient (Wildman–Crippen LogP) is 0.289. The average Bonchev–Trinajstić information content (AvgIpc) is 2.62. The van der Waals surface area contributed by atoms with Crippen LogP contribution in [0, 0.1) is 0 Å². The molecular weight excluding hydrogens is 200 g/mol. The third-order valence-corrected chi connectivity index (χ3v) is 1.84. The van der Waals surface area contributed by atoms with Gasteiger partial charge in [-0.05, 0) is 13.0 Å². The Bertz CT molecular complexity index is 372. The maximum Gasteiger partial charge on any atom is 0.371 e. The zero-order valence-corrected chi connectivity index (χ0v) is 8.27. The molecule has 15 heavy (non-hydrogen) atoms. The Labute approximate surface area is 86.3 Å². The SMILES string of the molecule is CCN(CC(N)=O)c1ccc(C(=O)O)o1. The van der Waals surface area contributed by atoms with Crippen molar-refractivity contribution in [3.8, 4) is 0 Å². The molecule has 1 rings (SSSR count). The minimum atomic E-state index is -1.14. The number of nitrogens with two attached hydrogens (primary N) is 1. The van der Waals surface area contributed by atoms with Crippen molar-refractivity contribution in [1.82, 2.24) is 0 Å². The number of primary amides is 1. The molecule has 1 amide bonds. The molecule has 0 bridgehead atoms. The second-order valence-corrected chi connectivity index (χ2v) is 2.92. The number of anilines is 1. The van der Waals surface area contributed by atoms with Crippen LogP contribution in [0.15, 0.2) is 16.5 Å². The Balaban J connectivity index is 2.83. The Morgan fingerprint density at radius 3 is 2.60 bits per heavy atom. The Morgan fingerprint density at radius 1 is 1.53 bits per heavy atom. The van der Waals surface area contributed by atoms with Crippen molar-refractivity contribution in [2.45, 2.75) is 6.92 Å². The molecule has 0 aliphatic rings. The maximum atomic E-state index is 10.7. The highest BCUT2D eigenvalue weighted by Crippen LogP contribution is 2.17. The van der Waals surface area contributed by atoms with E-state index in [0.717, 1.165) is 0 Å². The fourth-order valence-corrected chi connectivity index (χ4v) is 1.15. The maximum absolute atomic E-state index is 10.7. The van der Waals surface area contributed by atoms with E-state index in [1.54, 1.807) is 4.90 Å². The van der Waals surface area contributed by atoms with Crippen molar-refractivity contribution in [2.75, 3.05) is 18.0 Å². The minimum Gasteiger partial charge on any atom is -0.475 e. The van der Waals surface area contributed by atoms with E-state index in [4.69, 9.17) is 15.3 Å². The van der Waals surface area contributed by atoms with Crippen LogP contribution in [0.25, 0.3) is 0 Å². The Kier molecular flexibility index (Phi) is 3.33. The molecule has 0 radical (unpaired) electrons. The zero-order valence-electron chi connectivity index (χ0n) is 8.27. The molecule has 0 fully saturated rings. The van der Waals surface area contributed by atoms with Crippen LogP contribution in [0.4, 0.5) is 5.88 Å². The van der Waals surface area contributed by atoms with Gasteiger partial charge < -0.3 is 20.2 Å². The van der Waals surface area contributed by atoms with Gasteiger partial charge in [0.2, 0.25) is 11.7 Å². The lowest BCUT2D eigenvalue weighted by atomic mass is 10.4. The van der Waals surface area contributed by atoms with E-state index in [-0.39, 0.29) is 12.3 Å². The summed E-state index contributed by atoms with van der Waals surface area (Å²) in [7, 11) is 0. The average molecular weight is 212 g/mol. The van der Waals surface area contributed by atoms with Gasteiger partial charge in [0.25, 0.3) is 0 Å². The van der Waals surface area contributed by atoms with Crippen LogP contribution in [0.3, 0.4) is 0 Å². The first-order valence-electron chi connectivity index (χ1n) is 4.41. The van der Waals surface area contributed by atoms with Crippen molar-refractivity contribution in [2.24, 2.45) is 5.73 Å². The summed E-state index contributed by atoms with van der Waals surface area (Å²) < 4.78 is 5.02. The molecule has 0 spiro atoms. The van der Waals surface area contributed by atoms with Crippen molar-refractivity contribution in [1.29, 1.82) is 0 Å². The van der Waals surface area contributed by atoms with E-state index in [0.29, 0.717) is 12.4 Å². The summed E-state index contributed by atoms with van der Waals surface area (Å²) in [5.41, 5.74) is 5.03. The normalized spacial score (nSPS) is 9.93. The molecule has 0 unspecified atom stereocenters. The third-order valence-electron chi connectivity index (χ3n) is 1.84. The van der Waals surface area contributed by atoms with E-state index < -0.39 is 11.9 Å². The number of furan rings is 1. The van der Waals surface area contributed by atoms with Crippen LogP contribution in [-0.4, -0.2) is 30.1 Å². The smallest absolute Gasteiger partial charge is 0.371 e. The molecular formula is C9H12N2O4. The summed E-state index contributed by atoms with van der Waals surface area (Å²) in [6, 6.07) is 2.83. The summed E-state index contributed by atoms with van der Waals surface area (Å²) in [6.07, 6.45) is 0. The van der Waals surface area contributed by atoms with Gasteiger partial charge in [0.15, 0.2) is 5.88 Å². The summed E-state index contributed by atoms with van der Waals surface area (Å²) in [4.78, 5) is 22.8. The van der Waals surface area contributed by atoms with E-state index >= 15 is 0 Å². The predicted molar refractivity (Wildman–Crippen MR) is 52.7 cm³/mol. The highest BCUT2D eigenvalue weighted by molar-refractivity contribution is 5.85. The number of hydrogen-bond acceptors (Lipinski definition) is 4. The molecule has 0 atom stereocenters. The van der Waals surface area contributed by atoms with Crippen molar-refractivity contribution >= 4 is 17.8 Å². The first-order valence-corrected chi connectivity index (χ1v) is 4.41. The summed E-state index contributed by atoms with van der Waals surface area (Å²) >= 11 is 0. The molecule has 82 valence electrons. The lowest BCUT2D eigenvalue weighted by molar-refractivity contribution is -0.116. The minimum absolute atomic E-state index is 0.00305. The molecule has 0 saturated carbocycles. The lowest BCUT2D eigenvalue weighted by Crippen LogP contribution is -2.33. The van der Waals surface area contributed by atoms with Gasteiger partial charge in [0.05, 0.1) is 6.54 Å². The molecule has 6 nitrogen and oxygen atoms in total. The molecule has 3 N–H and O–H groups in total. The van der Waals surface area contributed by atoms with Gasteiger partial charge in [-0.3, -0.25) is 4.79 Å². The number of carbonyl (C=O) groups excluding carboxylic acids is 1. The largest absolute Gasteiger partial charge is 0.475 e. The molecule has 0 aliphatic heterocycles. The van der Waals surface area contributed by atoms with Gasteiger partial charge in [0, 0.05) is 12.6 Å². The third kappa shape index (κ3) is 2.73. The number of rotatable bonds is 5. The topological polar surface area (TPSA) is 96.8 Å². The van der Waals surface area contributed by atoms with Crippen LogP contribution in [0.2, 0.25) is 0 Å². The van der Waals surface area contributed by atoms with Crippen LogP contribution < -0.4 is 10.6 Å². The molecule has 0 aromatic carbocycles. The summed E-state index contributed by atoms with van der Waals surface area (Å²) in [6.45, 7) is 2.32. The molecule has 1 heterocycles. The fraction of sp³-hybridized carbons (Fsp3) is 0.333. The Morgan fingerprint density at radius 2 is 2.20 bits per heavy atom. The number of carboxylic acids is 1. The van der Waals surface area contributed by atoms with Gasteiger partial charge >= 0.3 is 5.97 Å².